The van der Waals surface area contributed by atoms with Gasteiger partial charge in [0.1, 0.15) is 0 Å². The maximum atomic E-state index is 12.3. The second kappa shape index (κ2) is 6.53. The van der Waals surface area contributed by atoms with E-state index in [1.54, 1.807) is 4.90 Å². The average Bonchev–Trinajstić information content (AvgIpc) is 2.43. The summed E-state index contributed by atoms with van der Waals surface area (Å²) in [5.74, 6) is 0.998. The molecule has 0 aromatic rings. The summed E-state index contributed by atoms with van der Waals surface area (Å²) >= 11 is 0. The van der Waals surface area contributed by atoms with Crippen LogP contribution >= 0.6 is 0 Å². The largest absolute Gasteiger partial charge is 0.396 e. The van der Waals surface area contributed by atoms with E-state index in [0.717, 1.165) is 12.3 Å². The lowest BCUT2D eigenvalue weighted by molar-refractivity contribution is -0.133. The Labute approximate surface area is 110 Å². The molecule has 0 aromatic carbocycles. The third kappa shape index (κ3) is 3.23. The summed E-state index contributed by atoms with van der Waals surface area (Å²) in [5, 5.41) is 12.4. The molecule has 2 fully saturated rings. The summed E-state index contributed by atoms with van der Waals surface area (Å²) in [5.41, 5.74) is 0. The molecule has 2 aliphatic rings. The highest BCUT2D eigenvalue weighted by Crippen LogP contribution is 2.32. The summed E-state index contributed by atoms with van der Waals surface area (Å²) in [6.07, 6.45) is 8.06. The maximum Gasteiger partial charge on any atom is 0.239 e. The molecule has 2 N–H and O–H groups in total. The molecule has 0 bridgehead atoms. The van der Waals surface area contributed by atoms with Gasteiger partial charge in [-0.25, -0.2) is 0 Å². The van der Waals surface area contributed by atoms with Crippen molar-refractivity contribution >= 4 is 5.91 Å². The first kappa shape index (κ1) is 13.8. The lowest BCUT2D eigenvalue weighted by Crippen LogP contribution is -2.55. The van der Waals surface area contributed by atoms with Crippen LogP contribution in [0.4, 0.5) is 0 Å². The van der Waals surface area contributed by atoms with Crippen LogP contribution in [0.5, 0.6) is 0 Å². The average molecular weight is 254 g/mol. The number of aliphatic hydroxyl groups excluding tert-OH is 1. The summed E-state index contributed by atoms with van der Waals surface area (Å²) in [4.78, 5) is 14.0. The number of fused-ring (bicyclic) bond motifs is 1. The Morgan fingerprint density at radius 3 is 2.83 bits per heavy atom. The van der Waals surface area contributed by atoms with Gasteiger partial charge < -0.3 is 15.3 Å². The Morgan fingerprint density at radius 2 is 2.06 bits per heavy atom. The van der Waals surface area contributed by atoms with Gasteiger partial charge in [-0.2, -0.15) is 0 Å². The monoisotopic (exact) mass is 254 g/mol. The van der Waals surface area contributed by atoms with Crippen molar-refractivity contribution in [1.29, 1.82) is 0 Å². The quantitative estimate of drug-likeness (QED) is 0.791. The molecule has 4 nitrogen and oxygen atoms in total. The van der Waals surface area contributed by atoms with Crippen molar-refractivity contribution < 1.29 is 9.90 Å². The fourth-order valence-electron chi connectivity index (χ4n) is 3.37. The molecule has 18 heavy (non-hydrogen) atoms. The number of piperidine rings is 1. The van der Waals surface area contributed by atoms with Gasteiger partial charge in [0.2, 0.25) is 5.91 Å². The van der Waals surface area contributed by atoms with Gasteiger partial charge in [-0.15, -0.1) is 0 Å². The van der Waals surface area contributed by atoms with Crippen molar-refractivity contribution in [3.8, 4) is 0 Å². The van der Waals surface area contributed by atoms with Gasteiger partial charge >= 0.3 is 0 Å². The third-order valence-electron chi connectivity index (χ3n) is 4.48. The highest BCUT2D eigenvalue weighted by atomic mass is 16.3. The molecule has 2 rings (SSSR count). The van der Waals surface area contributed by atoms with E-state index in [4.69, 9.17) is 5.11 Å². The molecular weight excluding hydrogens is 228 g/mol. The van der Waals surface area contributed by atoms with Crippen molar-refractivity contribution in [3.05, 3.63) is 0 Å². The first-order valence-electron chi connectivity index (χ1n) is 7.34. The van der Waals surface area contributed by atoms with Gasteiger partial charge in [0, 0.05) is 26.2 Å². The van der Waals surface area contributed by atoms with Crippen LogP contribution in [0.15, 0.2) is 0 Å². The van der Waals surface area contributed by atoms with Gasteiger partial charge in [-0.1, -0.05) is 12.8 Å². The van der Waals surface area contributed by atoms with Crippen molar-refractivity contribution in [1.82, 2.24) is 10.2 Å². The zero-order valence-corrected chi connectivity index (χ0v) is 11.4. The molecule has 1 saturated carbocycles. The molecule has 1 aliphatic carbocycles. The van der Waals surface area contributed by atoms with Crippen LogP contribution in [0.1, 0.15) is 44.9 Å². The van der Waals surface area contributed by atoms with Crippen LogP contribution in [0.3, 0.4) is 0 Å². The lowest BCUT2D eigenvalue weighted by Gasteiger charge is -2.40. The van der Waals surface area contributed by atoms with Crippen molar-refractivity contribution in [2.75, 3.05) is 20.2 Å². The first-order chi connectivity index (χ1) is 8.72. The van der Waals surface area contributed by atoms with E-state index in [1.807, 2.05) is 7.05 Å². The van der Waals surface area contributed by atoms with Gasteiger partial charge in [-0.3, -0.25) is 4.79 Å². The summed E-state index contributed by atoms with van der Waals surface area (Å²) in [6, 6.07) is 0.570. The van der Waals surface area contributed by atoms with Crippen molar-refractivity contribution in [2.45, 2.75) is 57.0 Å². The van der Waals surface area contributed by atoms with Crippen molar-refractivity contribution in [3.63, 3.8) is 0 Å². The number of hydrogen-bond donors (Lipinski definition) is 2. The Morgan fingerprint density at radius 1 is 1.28 bits per heavy atom. The predicted molar refractivity (Wildman–Crippen MR) is 71.2 cm³/mol. The number of likely N-dealkylation sites (N-methyl/N-ethyl adjacent to an activating group) is 1. The van der Waals surface area contributed by atoms with Gasteiger partial charge in [0.25, 0.3) is 0 Å². The second-order valence-corrected chi connectivity index (χ2v) is 5.78. The molecule has 0 spiro atoms. The predicted octanol–water partition coefficient (Wildman–Crippen LogP) is 1.14. The topological polar surface area (TPSA) is 52.6 Å². The highest BCUT2D eigenvalue weighted by molar-refractivity contribution is 5.81. The van der Waals surface area contributed by atoms with Gasteiger partial charge in [-0.05, 0) is 38.0 Å². The van der Waals surface area contributed by atoms with Crippen LogP contribution in [-0.2, 0) is 4.79 Å². The molecule has 1 aliphatic heterocycles. The molecule has 1 amide bonds. The molecule has 1 saturated heterocycles. The van der Waals surface area contributed by atoms with E-state index in [0.29, 0.717) is 19.0 Å². The van der Waals surface area contributed by atoms with Crippen LogP contribution in [0, 0.1) is 5.92 Å². The number of aliphatic hydroxyl groups is 1. The minimum Gasteiger partial charge on any atom is -0.396 e. The lowest BCUT2D eigenvalue weighted by atomic mass is 9.77. The van der Waals surface area contributed by atoms with Gasteiger partial charge in [0.05, 0.1) is 6.04 Å². The van der Waals surface area contributed by atoms with Crippen LogP contribution in [-0.4, -0.2) is 48.2 Å². The fraction of sp³-hybridized carbons (Fsp3) is 0.929. The minimum atomic E-state index is 0.00745. The number of nitrogens with zero attached hydrogens (tertiary/aromatic N) is 1. The van der Waals surface area contributed by atoms with E-state index in [2.05, 4.69) is 5.32 Å². The fourth-order valence-corrected chi connectivity index (χ4v) is 3.37. The van der Waals surface area contributed by atoms with E-state index < -0.39 is 0 Å². The smallest absolute Gasteiger partial charge is 0.239 e. The Bertz CT molecular complexity index is 283. The Hall–Kier alpha value is -0.610. The van der Waals surface area contributed by atoms with Crippen LogP contribution in [0.2, 0.25) is 0 Å². The number of carbonyl (C=O) groups excluding carboxylic acids is 1. The summed E-state index contributed by atoms with van der Waals surface area (Å²) < 4.78 is 0. The minimum absolute atomic E-state index is 0.00745. The molecule has 4 heteroatoms. The van der Waals surface area contributed by atoms with E-state index in [1.165, 1.54) is 32.1 Å². The van der Waals surface area contributed by atoms with E-state index in [9.17, 15) is 4.79 Å². The standard InChI is InChI=1S/C14H26N2O2/c1-16(9-4-10-17)14(18)13-8-7-11-5-2-3-6-12(11)15-13/h11-13,15,17H,2-10H2,1H3. The number of carbonyl (C=O) groups is 1. The number of amides is 1. The van der Waals surface area contributed by atoms with E-state index >= 15 is 0 Å². The number of hydrogen-bond acceptors (Lipinski definition) is 3. The highest BCUT2D eigenvalue weighted by Gasteiger charge is 2.35. The normalized spacial score (nSPS) is 31.8. The molecule has 0 aromatic heterocycles. The van der Waals surface area contributed by atoms with Gasteiger partial charge in [0.15, 0.2) is 0 Å². The van der Waals surface area contributed by atoms with Crippen LogP contribution in [0.25, 0.3) is 0 Å². The summed E-state index contributed by atoms with van der Waals surface area (Å²) in [6.45, 7) is 0.808. The zero-order valence-electron chi connectivity index (χ0n) is 11.4. The Kier molecular flexibility index (Phi) is 5.01. The molecule has 3 atom stereocenters. The molecule has 1 heterocycles. The number of rotatable bonds is 4. The molecule has 104 valence electrons. The maximum absolute atomic E-state index is 12.3. The zero-order chi connectivity index (χ0) is 13.0. The summed E-state index contributed by atoms with van der Waals surface area (Å²) in [7, 11) is 1.84. The third-order valence-corrected chi connectivity index (χ3v) is 4.48. The SMILES string of the molecule is CN(CCCO)C(=O)C1CCC2CCCCC2N1. The first-order valence-corrected chi connectivity index (χ1v) is 7.34. The van der Waals surface area contributed by atoms with Crippen molar-refractivity contribution in [2.24, 2.45) is 5.92 Å². The molecule has 3 unspecified atom stereocenters. The Balaban J connectivity index is 1.84. The second-order valence-electron chi connectivity index (χ2n) is 5.78. The molecular formula is C14H26N2O2. The van der Waals surface area contributed by atoms with Crippen LogP contribution < -0.4 is 5.32 Å². The molecule has 0 radical (unpaired) electrons. The van der Waals surface area contributed by atoms with E-state index in [-0.39, 0.29) is 18.6 Å². The number of nitrogens with one attached hydrogen (secondary N) is 1.